The number of aliphatic hydroxyl groups is 1. The van der Waals surface area contributed by atoms with Gasteiger partial charge in [-0.25, -0.2) is 9.97 Å². The molecule has 1 aliphatic carbocycles. The van der Waals surface area contributed by atoms with Crippen molar-refractivity contribution < 1.29 is 9.90 Å². The third-order valence-corrected chi connectivity index (χ3v) is 5.52. The van der Waals surface area contributed by atoms with Gasteiger partial charge in [-0.15, -0.1) is 0 Å². The fourth-order valence-electron chi connectivity index (χ4n) is 3.77. The Morgan fingerprint density at radius 1 is 1.32 bits per heavy atom. The maximum absolute atomic E-state index is 13.0. The van der Waals surface area contributed by atoms with Crippen molar-refractivity contribution >= 4 is 23.2 Å². The summed E-state index contributed by atoms with van der Waals surface area (Å²) in [7, 11) is 0. The van der Waals surface area contributed by atoms with Gasteiger partial charge in [-0.1, -0.05) is 6.07 Å². The molecule has 0 unspecified atom stereocenters. The first-order valence-corrected chi connectivity index (χ1v) is 9.50. The topological polar surface area (TPSA) is 102 Å². The fraction of sp³-hybridized carbons (Fsp3) is 0.429. The summed E-state index contributed by atoms with van der Waals surface area (Å²) in [4.78, 5) is 23.4. The normalized spacial score (nSPS) is 22.2. The second kappa shape index (κ2) is 6.57. The van der Waals surface area contributed by atoms with E-state index >= 15 is 0 Å². The van der Waals surface area contributed by atoms with Crippen LogP contribution >= 0.6 is 0 Å². The molecule has 0 bridgehead atoms. The number of pyridine rings is 2. The summed E-state index contributed by atoms with van der Waals surface area (Å²) in [6.45, 7) is 3.90. The summed E-state index contributed by atoms with van der Waals surface area (Å²) in [5.41, 5.74) is -0.636. The summed E-state index contributed by atoms with van der Waals surface area (Å²) >= 11 is 0. The van der Waals surface area contributed by atoms with Crippen LogP contribution in [-0.2, 0) is 10.4 Å². The minimum Gasteiger partial charge on any atom is -0.384 e. The summed E-state index contributed by atoms with van der Waals surface area (Å²) < 4.78 is 0. The van der Waals surface area contributed by atoms with Gasteiger partial charge in [0.15, 0.2) is 0 Å². The molecule has 1 aliphatic heterocycles. The number of nitrogens with one attached hydrogen (secondary N) is 1. The average molecular weight is 377 g/mol. The summed E-state index contributed by atoms with van der Waals surface area (Å²) in [6.07, 6.45) is 4.13. The molecule has 1 saturated carbocycles. The Hall–Kier alpha value is -2.98. The first-order valence-electron chi connectivity index (χ1n) is 9.50. The zero-order chi connectivity index (χ0) is 19.9. The van der Waals surface area contributed by atoms with E-state index in [-0.39, 0.29) is 11.8 Å². The van der Waals surface area contributed by atoms with Crippen LogP contribution in [0.2, 0.25) is 0 Å². The van der Waals surface area contributed by atoms with Crippen LogP contribution in [0.4, 0.5) is 17.3 Å². The highest BCUT2D eigenvalue weighted by Crippen LogP contribution is 2.51. The number of hydrogen-bond donors (Lipinski definition) is 2. The maximum atomic E-state index is 13.0. The molecule has 2 aromatic rings. The van der Waals surface area contributed by atoms with Crippen molar-refractivity contribution in [2.75, 3.05) is 16.8 Å². The van der Waals surface area contributed by atoms with Crippen molar-refractivity contribution in [1.82, 2.24) is 9.97 Å². The molecular formula is C21H23N5O2. The van der Waals surface area contributed by atoms with Crippen molar-refractivity contribution in [3.63, 3.8) is 0 Å². The Balaban J connectivity index is 1.56. The predicted molar refractivity (Wildman–Crippen MR) is 105 cm³/mol. The molecule has 2 aliphatic rings. The van der Waals surface area contributed by atoms with Crippen molar-refractivity contribution in [3.05, 3.63) is 42.2 Å². The molecule has 28 heavy (non-hydrogen) atoms. The molecule has 0 aromatic carbocycles. The van der Waals surface area contributed by atoms with Gasteiger partial charge in [-0.05, 0) is 57.2 Å². The van der Waals surface area contributed by atoms with Crippen molar-refractivity contribution in [2.45, 2.75) is 38.7 Å². The van der Waals surface area contributed by atoms with E-state index in [0.717, 1.165) is 18.5 Å². The number of rotatable bonds is 5. The van der Waals surface area contributed by atoms with E-state index in [4.69, 9.17) is 0 Å². The van der Waals surface area contributed by atoms with Crippen LogP contribution in [0.5, 0.6) is 0 Å². The number of nitrogens with zero attached hydrogens (tertiary/aromatic N) is 4. The average Bonchev–Trinajstić information content (AvgIpc) is 3.46. The molecule has 4 rings (SSSR count). The minimum absolute atomic E-state index is 0.100. The molecular weight excluding hydrogens is 354 g/mol. The lowest BCUT2D eigenvalue weighted by molar-refractivity contribution is -0.123. The van der Waals surface area contributed by atoms with E-state index < -0.39 is 11.0 Å². The molecule has 0 spiro atoms. The van der Waals surface area contributed by atoms with E-state index in [9.17, 15) is 15.2 Å². The molecule has 144 valence electrons. The van der Waals surface area contributed by atoms with E-state index in [2.05, 4.69) is 21.4 Å². The Morgan fingerprint density at radius 2 is 2.11 bits per heavy atom. The Morgan fingerprint density at radius 3 is 2.79 bits per heavy atom. The van der Waals surface area contributed by atoms with Gasteiger partial charge in [0, 0.05) is 24.5 Å². The lowest BCUT2D eigenvalue weighted by Crippen LogP contribution is -2.35. The van der Waals surface area contributed by atoms with Gasteiger partial charge in [0.25, 0.3) is 0 Å². The number of aromatic nitrogens is 2. The highest BCUT2D eigenvalue weighted by molar-refractivity contribution is 6.02. The van der Waals surface area contributed by atoms with Crippen LogP contribution in [0.1, 0.15) is 38.8 Å². The lowest BCUT2D eigenvalue weighted by Gasteiger charge is -2.21. The molecule has 0 radical (unpaired) electrons. The second-order valence-corrected chi connectivity index (χ2v) is 8.06. The molecule has 1 saturated heterocycles. The van der Waals surface area contributed by atoms with Crippen LogP contribution in [0.3, 0.4) is 0 Å². The zero-order valence-electron chi connectivity index (χ0n) is 16.0. The molecule has 1 amide bonds. The van der Waals surface area contributed by atoms with E-state index in [1.54, 1.807) is 49.2 Å². The number of carbonyl (C=O) groups is 1. The number of carbonyl (C=O) groups excluding carboxylic acids is 1. The molecule has 2 fully saturated rings. The molecule has 3 heterocycles. The molecule has 1 atom stereocenters. The van der Waals surface area contributed by atoms with Crippen LogP contribution in [0, 0.1) is 22.7 Å². The van der Waals surface area contributed by atoms with Crippen LogP contribution in [0.15, 0.2) is 36.5 Å². The first-order chi connectivity index (χ1) is 13.3. The van der Waals surface area contributed by atoms with E-state index in [1.807, 2.05) is 6.07 Å². The third kappa shape index (κ3) is 3.20. The smallest absolute Gasteiger partial charge is 0.247 e. The monoisotopic (exact) mass is 377 g/mol. The van der Waals surface area contributed by atoms with Gasteiger partial charge in [-0.3, -0.25) is 4.79 Å². The largest absolute Gasteiger partial charge is 0.384 e. The molecule has 7 heteroatoms. The SMILES string of the molecule is CC(C)(O)c1cccc(Nc2cc(N3CC[C@@](C#N)(C4CC4)C3=O)ccn2)n1. The molecule has 2 aromatic heterocycles. The molecule has 2 N–H and O–H groups in total. The Labute approximate surface area is 164 Å². The van der Waals surface area contributed by atoms with Crippen molar-refractivity contribution in [2.24, 2.45) is 11.3 Å². The van der Waals surface area contributed by atoms with E-state index in [1.165, 1.54) is 0 Å². The zero-order valence-corrected chi connectivity index (χ0v) is 16.0. The maximum Gasteiger partial charge on any atom is 0.247 e. The Bertz CT molecular complexity index is 958. The van der Waals surface area contributed by atoms with Gasteiger partial charge >= 0.3 is 0 Å². The third-order valence-electron chi connectivity index (χ3n) is 5.52. The van der Waals surface area contributed by atoms with Crippen molar-refractivity contribution in [3.8, 4) is 6.07 Å². The number of hydrogen-bond acceptors (Lipinski definition) is 6. The summed E-state index contributed by atoms with van der Waals surface area (Å²) in [5.74, 6) is 1.20. The fourth-order valence-corrected chi connectivity index (χ4v) is 3.77. The summed E-state index contributed by atoms with van der Waals surface area (Å²) in [5, 5.41) is 22.9. The van der Waals surface area contributed by atoms with Crippen LogP contribution in [0.25, 0.3) is 0 Å². The minimum atomic E-state index is -1.04. The standard InChI is InChI=1S/C21H23N5O2/c1-20(2,28)16-4-3-5-17(24-16)25-18-12-15(8-10-23-18)26-11-9-21(13-22,19(26)27)14-6-7-14/h3-5,8,10,12,14,28H,6-7,9,11H2,1-2H3,(H,23,24,25)/t21-/m1/s1. The van der Waals surface area contributed by atoms with Gasteiger partial charge in [0.1, 0.15) is 22.7 Å². The molecule has 7 nitrogen and oxygen atoms in total. The number of amides is 1. The predicted octanol–water partition coefficient (Wildman–Crippen LogP) is 3.10. The summed E-state index contributed by atoms with van der Waals surface area (Å²) in [6, 6.07) is 11.2. The Kier molecular flexibility index (Phi) is 4.31. The number of nitriles is 1. The first kappa shape index (κ1) is 18.4. The highest BCUT2D eigenvalue weighted by Gasteiger charge is 2.56. The highest BCUT2D eigenvalue weighted by atomic mass is 16.3. The van der Waals surface area contributed by atoms with Crippen LogP contribution < -0.4 is 10.2 Å². The number of anilines is 3. The quantitative estimate of drug-likeness (QED) is 0.830. The van der Waals surface area contributed by atoms with Gasteiger partial charge < -0.3 is 15.3 Å². The lowest BCUT2D eigenvalue weighted by atomic mass is 9.83. The van der Waals surface area contributed by atoms with Gasteiger partial charge in [0.05, 0.1) is 11.8 Å². The van der Waals surface area contributed by atoms with E-state index in [0.29, 0.717) is 30.3 Å². The van der Waals surface area contributed by atoms with Crippen LogP contribution in [-0.4, -0.2) is 27.5 Å². The van der Waals surface area contributed by atoms with Crippen molar-refractivity contribution in [1.29, 1.82) is 5.26 Å². The second-order valence-electron chi connectivity index (χ2n) is 8.06. The van der Waals surface area contributed by atoms with Gasteiger partial charge in [0.2, 0.25) is 5.91 Å². The van der Waals surface area contributed by atoms with Gasteiger partial charge in [-0.2, -0.15) is 5.26 Å².